The van der Waals surface area contributed by atoms with Crippen LogP contribution < -0.4 is 0 Å². The SMILES string of the molecule is CN(C)CC(O)c1cc2cc(Cl)ccc2o1. The van der Waals surface area contributed by atoms with E-state index in [-0.39, 0.29) is 0 Å². The van der Waals surface area contributed by atoms with E-state index in [2.05, 4.69) is 0 Å². The van der Waals surface area contributed by atoms with Crippen LogP contribution in [-0.2, 0) is 0 Å². The molecule has 1 N–H and O–H groups in total. The smallest absolute Gasteiger partial charge is 0.135 e. The summed E-state index contributed by atoms with van der Waals surface area (Å²) in [5.41, 5.74) is 0.747. The second kappa shape index (κ2) is 4.45. The summed E-state index contributed by atoms with van der Waals surface area (Å²) >= 11 is 5.88. The van der Waals surface area contributed by atoms with E-state index in [0.717, 1.165) is 11.0 Å². The molecule has 0 aliphatic heterocycles. The number of aliphatic hydroxyl groups is 1. The lowest BCUT2D eigenvalue weighted by molar-refractivity contribution is 0.117. The molecule has 1 atom stereocenters. The Labute approximate surface area is 99.2 Å². The first-order valence-corrected chi connectivity index (χ1v) is 5.46. The van der Waals surface area contributed by atoms with Crippen LogP contribution in [0.2, 0.25) is 5.02 Å². The van der Waals surface area contributed by atoms with Gasteiger partial charge in [0.25, 0.3) is 0 Å². The third-order valence-electron chi connectivity index (χ3n) is 2.36. The molecule has 0 spiro atoms. The van der Waals surface area contributed by atoms with E-state index in [9.17, 15) is 5.11 Å². The molecule has 0 saturated heterocycles. The fourth-order valence-electron chi connectivity index (χ4n) is 1.63. The Hall–Kier alpha value is -1.03. The average Bonchev–Trinajstić information content (AvgIpc) is 2.59. The quantitative estimate of drug-likeness (QED) is 0.895. The second-order valence-electron chi connectivity index (χ2n) is 4.11. The number of aliphatic hydroxyl groups excluding tert-OH is 1. The molecule has 1 unspecified atom stereocenters. The lowest BCUT2D eigenvalue weighted by atomic mass is 10.2. The molecule has 16 heavy (non-hydrogen) atoms. The highest BCUT2D eigenvalue weighted by Crippen LogP contribution is 2.26. The largest absolute Gasteiger partial charge is 0.458 e. The van der Waals surface area contributed by atoms with Gasteiger partial charge < -0.3 is 14.4 Å². The Morgan fingerprint density at radius 1 is 1.38 bits per heavy atom. The van der Waals surface area contributed by atoms with Crippen molar-refractivity contribution in [2.75, 3.05) is 20.6 Å². The van der Waals surface area contributed by atoms with Crippen molar-refractivity contribution in [2.45, 2.75) is 6.10 Å². The van der Waals surface area contributed by atoms with E-state index in [1.165, 1.54) is 0 Å². The van der Waals surface area contributed by atoms with Gasteiger partial charge in [-0.25, -0.2) is 0 Å². The molecule has 0 amide bonds. The van der Waals surface area contributed by atoms with Crippen molar-refractivity contribution in [1.29, 1.82) is 0 Å². The summed E-state index contributed by atoms with van der Waals surface area (Å²) in [6.45, 7) is 0.535. The van der Waals surface area contributed by atoms with Crippen molar-refractivity contribution in [3.8, 4) is 0 Å². The predicted molar refractivity (Wildman–Crippen MR) is 64.7 cm³/mol. The topological polar surface area (TPSA) is 36.6 Å². The van der Waals surface area contributed by atoms with Crippen LogP contribution in [0.25, 0.3) is 11.0 Å². The lowest BCUT2D eigenvalue weighted by Crippen LogP contribution is -2.19. The van der Waals surface area contributed by atoms with Gasteiger partial charge in [-0.05, 0) is 38.4 Å². The van der Waals surface area contributed by atoms with Gasteiger partial charge in [-0.15, -0.1) is 0 Å². The molecular formula is C12H14ClNO2. The van der Waals surface area contributed by atoms with Crippen LogP contribution in [0.1, 0.15) is 11.9 Å². The predicted octanol–water partition coefficient (Wildman–Crippen LogP) is 2.68. The van der Waals surface area contributed by atoms with E-state index in [1.54, 1.807) is 6.07 Å². The van der Waals surface area contributed by atoms with Crippen LogP contribution in [-0.4, -0.2) is 30.6 Å². The molecule has 2 aromatic rings. The van der Waals surface area contributed by atoms with E-state index in [1.807, 2.05) is 37.2 Å². The van der Waals surface area contributed by atoms with E-state index >= 15 is 0 Å². The number of fused-ring (bicyclic) bond motifs is 1. The zero-order valence-corrected chi connectivity index (χ0v) is 10.0. The third kappa shape index (κ3) is 2.38. The summed E-state index contributed by atoms with van der Waals surface area (Å²) in [5, 5.41) is 11.5. The maximum atomic E-state index is 9.89. The van der Waals surface area contributed by atoms with Gasteiger partial charge in [-0.3, -0.25) is 0 Å². The third-order valence-corrected chi connectivity index (χ3v) is 2.60. The summed E-state index contributed by atoms with van der Waals surface area (Å²) in [4.78, 5) is 1.91. The number of benzene rings is 1. The van der Waals surface area contributed by atoms with E-state index < -0.39 is 6.10 Å². The van der Waals surface area contributed by atoms with Crippen LogP contribution in [0.15, 0.2) is 28.7 Å². The maximum Gasteiger partial charge on any atom is 0.135 e. The van der Waals surface area contributed by atoms with Gasteiger partial charge in [-0.1, -0.05) is 11.6 Å². The molecule has 1 aromatic heterocycles. The minimum atomic E-state index is -0.610. The minimum absolute atomic E-state index is 0.535. The molecule has 0 aliphatic carbocycles. The Morgan fingerprint density at radius 2 is 2.12 bits per heavy atom. The summed E-state index contributed by atoms with van der Waals surface area (Å²) < 4.78 is 5.55. The molecule has 0 bridgehead atoms. The van der Waals surface area contributed by atoms with E-state index in [4.69, 9.17) is 16.0 Å². The highest BCUT2D eigenvalue weighted by atomic mass is 35.5. The summed E-state index contributed by atoms with van der Waals surface area (Å²) in [6, 6.07) is 7.24. The number of hydrogen-bond acceptors (Lipinski definition) is 3. The first kappa shape index (κ1) is 11.5. The highest BCUT2D eigenvalue weighted by molar-refractivity contribution is 6.31. The lowest BCUT2D eigenvalue weighted by Gasteiger charge is -2.13. The van der Waals surface area contributed by atoms with E-state index in [0.29, 0.717) is 17.3 Å². The fourth-order valence-corrected chi connectivity index (χ4v) is 1.82. The first-order valence-electron chi connectivity index (χ1n) is 5.08. The van der Waals surface area contributed by atoms with Crippen LogP contribution >= 0.6 is 11.6 Å². The standard InChI is InChI=1S/C12H14ClNO2/c1-14(2)7-10(15)12-6-8-5-9(13)3-4-11(8)16-12/h3-6,10,15H,7H2,1-2H3. The average molecular weight is 240 g/mol. The molecule has 0 radical (unpaired) electrons. The van der Waals surface area contributed by atoms with Crippen LogP contribution in [0.3, 0.4) is 0 Å². The zero-order chi connectivity index (χ0) is 11.7. The number of furan rings is 1. The van der Waals surface area contributed by atoms with Crippen molar-refractivity contribution in [3.05, 3.63) is 35.0 Å². The van der Waals surface area contributed by atoms with Gasteiger partial charge in [-0.2, -0.15) is 0 Å². The molecular weight excluding hydrogens is 226 g/mol. The normalized spacial score (nSPS) is 13.6. The number of halogens is 1. The van der Waals surface area contributed by atoms with Crippen molar-refractivity contribution < 1.29 is 9.52 Å². The van der Waals surface area contributed by atoms with Crippen molar-refractivity contribution in [3.63, 3.8) is 0 Å². The molecule has 2 rings (SSSR count). The van der Waals surface area contributed by atoms with Crippen molar-refractivity contribution >= 4 is 22.6 Å². The number of nitrogens with zero attached hydrogens (tertiary/aromatic N) is 1. The van der Waals surface area contributed by atoms with Crippen LogP contribution in [0, 0.1) is 0 Å². The minimum Gasteiger partial charge on any atom is -0.458 e. The Bertz CT molecular complexity index is 493. The van der Waals surface area contributed by atoms with Gasteiger partial charge in [0, 0.05) is 17.0 Å². The molecule has 1 aromatic carbocycles. The number of likely N-dealkylation sites (N-methyl/N-ethyl adjacent to an activating group) is 1. The van der Waals surface area contributed by atoms with Gasteiger partial charge in [0.15, 0.2) is 0 Å². The summed E-state index contributed by atoms with van der Waals surface area (Å²) in [5.74, 6) is 0.575. The molecule has 4 heteroatoms. The summed E-state index contributed by atoms with van der Waals surface area (Å²) in [7, 11) is 3.81. The zero-order valence-electron chi connectivity index (χ0n) is 9.27. The van der Waals surface area contributed by atoms with Gasteiger partial charge in [0.2, 0.25) is 0 Å². The first-order chi connectivity index (χ1) is 7.56. The highest BCUT2D eigenvalue weighted by Gasteiger charge is 2.14. The Balaban J connectivity index is 2.32. The fraction of sp³-hybridized carbons (Fsp3) is 0.333. The molecule has 86 valence electrons. The number of hydrogen-bond donors (Lipinski definition) is 1. The monoisotopic (exact) mass is 239 g/mol. The molecule has 0 aliphatic rings. The van der Waals surface area contributed by atoms with Crippen molar-refractivity contribution in [2.24, 2.45) is 0 Å². The molecule has 1 heterocycles. The Morgan fingerprint density at radius 3 is 2.81 bits per heavy atom. The molecule has 0 fully saturated rings. The number of rotatable bonds is 3. The Kier molecular flexibility index (Phi) is 3.19. The van der Waals surface area contributed by atoms with Crippen molar-refractivity contribution in [1.82, 2.24) is 4.90 Å². The van der Waals surface area contributed by atoms with Gasteiger partial charge >= 0.3 is 0 Å². The van der Waals surface area contributed by atoms with Crippen LogP contribution in [0.5, 0.6) is 0 Å². The van der Waals surface area contributed by atoms with Gasteiger partial charge in [0.1, 0.15) is 17.4 Å². The summed E-state index contributed by atoms with van der Waals surface area (Å²) in [6.07, 6.45) is -0.610. The van der Waals surface area contributed by atoms with Gasteiger partial charge in [0.05, 0.1) is 0 Å². The van der Waals surface area contributed by atoms with Crippen LogP contribution in [0.4, 0.5) is 0 Å². The molecule has 3 nitrogen and oxygen atoms in total. The second-order valence-corrected chi connectivity index (χ2v) is 4.55. The molecule has 0 saturated carbocycles. The maximum absolute atomic E-state index is 9.89.